The molecular formula is C18H34N2O2. The maximum Gasteiger partial charge on any atom is 0.251 e. The third-order valence-corrected chi connectivity index (χ3v) is 4.99. The molecule has 0 radical (unpaired) electrons. The van der Waals surface area contributed by atoms with E-state index in [1.807, 2.05) is 0 Å². The van der Waals surface area contributed by atoms with Crippen LogP contribution in [0.2, 0.25) is 0 Å². The average Bonchev–Trinajstić information content (AvgIpc) is 2.82. The molecule has 2 N–H and O–H groups in total. The standard InChI is InChI=1S/C18H34N2O2/c1-2-3-4-5-6-7-8-9-10-11-16-17(21)20-18(22-16)12-14-19-15-13-18/h16,19H,2-15H2,1H3,(H,20,21). The van der Waals surface area contributed by atoms with E-state index in [-0.39, 0.29) is 17.7 Å². The number of carbonyl (C=O) groups excluding carboxylic acids is 1. The van der Waals surface area contributed by atoms with Gasteiger partial charge in [-0.1, -0.05) is 64.7 Å². The van der Waals surface area contributed by atoms with E-state index >= 15 is 0 Å². The topological polar surface area (TPSA) is 50.4 Å². The lowest BCUT2D eigenvalue weighted by molar-refractivity contribution is -0.124. The Morgan fingerprint density at radius 1 is 1.00 bits per heavy atom. The van der Waals surface area contributed by atoms with Crippen LogP contribution in [0.3, 0.4) is 0 Å². The van der Waals surface area contributed by atoms with Gasteiger partial charge in [0.15, 0.2) is 0 Å². The lowest BCUT2D eigenvalue weighted by atomic mass is 10.0. The minimum absolute atomic E-state index is 0.112. The van der Waals surface area contributed by atoms with Gasteiger partial charge in [-0.15, -0.1) is 0 Å². The van der Waals surface area contributed by atoms with Crippen molar-refractivity contribution in [2.75, 3.05) is 13.1 Å². The Bertz CT molecular complexity index is 327. The van der Waals surface area contributed by atoms with Gasteiger partial charge < -0.3 is 15.4 Å². The number of carbonyl (C=O) groups is 1. The molecule has 1 amide bonds. The molecule has 2 aliphatic rings. The van der Waals surface area contributed by atoms with E-state index in [9.17, 15) is 4.79 Å². The lowest BCUT2D eigenvalue weighted by Crippen LogP contribution is -2.50. The van der Waals surface area contributed by atoms with Crippen LogP contribution in [0.5, 0.6) is 0 Å². The largest absolute Gasteiger partial charge is 0.343 e. The number of nitrogens with one attached hydrogen (secondary N) is 2. The highest BCUT2D eigenvalue weighted by Gasteiger charge is 2.45. The van der Waals surface area contributed by atoms with Crippen molar-refractivity contribution in [1.82, 2.24) is 10.6 Å². The minimum Gasteiger partial charge on any atom is -0.343 e. The van der Waals surface area contributed by atoms with Crippen LogP contribution < -0.4 is 10.6 Å². The van der Waals surface area contributed by atoms with Crippen molar-refractivity contribution >= 4 is 5.91 Å². The van der Waals surface area contributed by atoms with Gasteiger partial charge in [0.05, 0.1) is 0 Å². The van der Waals surface area contributed by atoms with Crippen molar-refractivity contribution in [3.05, 3.63) is 0 Å². The molecule has 0 aromatic rings. The van der Waals surface area contributed by atoms with Crippen molar-refractivity contribution in [2.45, 2.75) is 95.8 Å². The van der Waals surface area contributed by atoms with Crippen molar-refractivity contribution in [1.29, 1.82) is 0 Å². The van der Waals surface area contributed by atoms with E-state index < -0.39 is 0 Å². The molecule has 4 nitrogen and oxygen atoms in total. The quantitative estimate of drug-likeness (QED) is 0.607. The van der Waals surface area contributed by atoms with Gasteiger partial charge in [-0.3, -0.25) is 4.79 Å². The second-order valence-electron chi connectivity index (χ2n) is 6.96. The maximum atomic E-state index is 12.1. The van der Waals surface area contributed by atoms with Crippen LogP contribution in [0.4, 0.5) is 0 Å². The van der Waals surface area contributed by atoms with Gasteiger partial charge in [-0.25, -0.2) is 0 Å². The molecule has 2 rings (SSSR count). The Morgan fingerprint density at radius 3 is 2.23 bits per heavy atom. The number of piperidine rings is 1. The summed E-state index contributed by atoms with van der Waals surface area (Å²) in [5.74, 6) is 0.112. The van der Waals surface area contributed by atoms with Crippen molar-refractivity contribution < 1.29 is 9.53 Å². The summed E-state index contributed by atoms with van der Waals surface area (Å²) >= 11 is 0. The molecular weight excluding hydrogens is 276 g/mol. The Balaban J connectivity index is 1.51. The van der Waals surface area contributed by atoms with Crippen LogP contribution in [0.15, 0.2) is 0 Å². The summed E-state index contributed by atoms with van der Waals surface area (Å²) in [6.45, 7) is 4.13. The molecule has 1 unspecified atom stereocenters. The van der Waals surface area contributed by atoms with Crippen LogP contribution in [-0.4, -0.2) is 30.8 Å². The Kier molecular flexibility index (Phi) is 7.67. The van der Waals surface area contributed by atoms with Gasteiger partial charge in [0.1, 0.15) is 11.8 Å². The highest BCUT2D eigenvalue weighted by molar-refractivity contribution is 5.83. The summed E-state index contributed by atoms with van der Waals surface area (Å²) in [5, 5.41) is 6.42. The lowest BCUT2D eigenvalue weighted by Gasteiger charge is -2.32. The molecule has 22 heavy (non-hydrogen) atoms. The van der Waals surface area contributed by atoms with E-state index in [0.29, 0.717) is 0 Å². The first-order valence-corrected chi connectivity index (χ1v) is 9.46. The zero-order valence-electron chi connectivity index (χ0n) is 14.3. The number of hydrogen-bond acceptors (Lipinski definition) is 3. The zero-order chi connectivity index (χ0) is 15.7. The summed E-state index contributed by atoms with van der Waals surface area (Å²) in [4.78, 5) is 12.1. The summed E-state index contributed by atoms with van der Waals surface area (Å²) in [7, 11) is 0. The number of amides is 1. The van der Waals surface area contributed by atoms with Crippen LogP contribution in [-0.2, 0) is 9.53 Å². The monoisotopic (exact) mass is 310 g/mol. The van der Waals surface area contributed by atoms with Crippen LogP contribution in [0.1, 0.15) is 84.0 Å². The molecule has 0 saturated carbocycles. The fourth-order valence-corrected chi connectivity index (χ4v) is 3.56. The minimum atomic E-state index is -0.355. The fraction of sp³-hybridized carbons (Fsp3) is 0.944. The predicted molar refractivity (Wildman–Crippen MR) is 89.7 cm³/mol. The zero-order valence-corrected chi connectivity index (χ0v) is 14.3. The van der Waals surface area contributed by atoms with E-state index in [0.717, 1.165) is 38.8 Å². The molecule has 0 aromatic heterocycles. The van der Waals surface area contributed by atoms with Crippen LogP contribution in [0.25, 0.3) is 0 Å². The summed E-state index contributed by atoms with van der Waals surface area (Å²) < 4.78 is 6.07. The highest BCUT2D eigenvalue weighted by atomic mass is 16.5. The molecule has 4 heteroatoms. The van der Waals surface area contributed by atoms with Gasteiger partial charge in [0.25, 0.3) is 5.91 Å². The van der Waals surface area contributed by atoms with E-state index in [4.69, 9.17) is 4.74 Å². The third kappa shape index (κ3) is 5.54. The molecule has 2 heterocycles. The molecule has 0 bridgehead atoms. The Hall–Kier alpha value is -0.610. The SMILES string of the molecule is CCCCCCCCCCCC1OC2(CCNCC2)NC1=O. The van der Waals surface area contributed by atoms with E-state index in [1.54, 1.807) is 0 Å². The molecule has 128 valence electrons. The highest BCUT2D eigenvalue weighted by Crippen LogP contribution is 2.29. The van der Waals surface area contributed by atoms with Gasteiger partial charge in [0.2, 0.25) is 0 Å². The third-order valence-electron chi connectivity index (χ3n) is 4.99. The summed E-state index contributed by atoms with van der Waals surface area (Å²) in [5.41, 5.74) is -0.355. The summed E-state index contributed by atoms with van der Waals surface area (Å²) in [6.07, 6.45) is 14.3. The molecule has 1 spiro atoms. The van der Waals surface area contributed by atoms with E-state index in [2.05, 4.69) is 17.6 Å². The Labute approximate surface area is 135 Å². The first kappa shape index (κ1) is 17.7. The number of hydrogen-bond donors (Lipinski definition) is 2. The molecule has 0 aliphatic carbocycles. The number of unbranched alkanes of at least 4 members (excludes halogenated alkanes) is 8. The van der Waals surface area contributed by atoms with Gasteiger partial charge in [0, 0.05) is 12.8 Å². The second-order valence-corrected chi connectivity index (χ2v) is 6.96. The smallest absolute Gasteiger partial charge is 0.251 e. The van der Waals surface area contributed by atoms with Gasteiger partial charge in [-0.2, -0.15) is 0 Å². The first-order chi connectivity index (χ1) is 10.8. The molecule has 0 aromatic carbocycles. The fourth-order valence-electron chi connectivity index (χ4n) is 3.56. The normalized spacial score (nSPS) is 23.9. The van der Waals surface area contributed by atoms with Crippen molar-refractivity contribution in [2.24, 2.45) is 0 Å². The average molecular weight is 310 g/mol. The van der Waals surface area contributed by atoms with Crippen LogP contribution in [0, 0.1) is 0 Å². The van der Waals surface area contributed by atoms with Crippen LogP contribution >= 0.6 is 0 Å². The molecule has 1 atom stereocenters. The van der Waals surface area contributed by atoms with E-state index in [1.165, 1.54) is 51.4 Å². The Morgan fingerprint density at radius 2 is 1.59 bits per heavy atom. The van der Waals surface area contributed by atoms with Gasteiger partial charge in [-0.05, 0) is 19.5 Å². The summed E-state index contributed by atoms with van der Waals surface area (Å²) in [6, 6.07) is 0. The maximum absolute atomic E-state index is 12.1. The molecule has 2 fully saturated rings. The first-order valence-electron chi connectivity index (χ1n) is 9.46. The number of rotatable bonds is 10. The predicted octanol–water partition coefficient (Wildman–Crippen LogP) is 3.50. The molecule has 2 saturated heterocycles. The number of ether oxygens (including phenoxy) is 1. The van der Waals surface area contributed by atoms with Gasteiger partial charge >= 0.3 is 0 Å². The van der Waals surface area contributed by atoms with Crippen molar-refractivity contribution in [3.8, 4) is 0 Å². The second kappa shape index (κ2) is 9.51. The molecule has 2 aliphatic heterocycles. The van der Waals surface area contributed by atoms with Crippen molar-refractivity contribution in [3.63, 3.8) is 0 Å².